The standard InChI is InChI=1S/C25H27NS.C4H4O4/c1-26(2)16-8-9-19-14-15-23-24(17-19)27-18-21-12-6-7-13-22(21)25(23)20-10-4-3-5-11-20;5-3(6)1-2-4(7)8/h3-7,10-15,17,25H,8-9,16,18H2,1-2H3;1-2H,(H,5,6)(H,7,8)/b;2-1-. The van der Waals surface area contributed by atoms with Crippen LogP contribution < -0.4 is 10.0 Å². The van der Waals surface area contributed by atoms with Gasteiger partial charge in [-0.25, -0.2) is 4.79 Å². The normalized spacial score (nSPS) is 14.4. The number of thioether (sulfide) groups is 1. The number of hydrogen-bond donors (Lipinski definition) is 2. The van der Waals surface area contributed by atoms with Crippen LogP contribution in [0.1, 0.15) is 40.2 Å². The van der Waals surface area contributed by atoms with Gasteiger partial charge in [-0.05, 0) is 46.4 Å². The smallest absolute Gasteiger partial charge is 0.328 e. The molecule has 4 rings (SSSR count). The minimum absolute atomic E-state index is 0.327. The molecule has 0 spiro atoms. The molecule has 1 atom stereocenters. The maximum Gasteiger partial charge on any atom is 0.328 e. The molecule has 182 valence electrons. The highest BCUT2D eigenvalue weighted by molar-refractivity contribution is 7.98. The Morgan fingerprint density at radius 1 is 1.00 bits per heavy atom. The number of carboxylic acids is 2. The molecule has 1 aliphatic rings. The van der Waals surface area contributed by atoms with E-state index in [1.807, 2.05) is 11.8 Å². The molecule has 0 saturated carbocycles. The average Bonchev–Trinajstić information content (AvgIpc) is 3.00. The summed E-state index contributed by atoms with van der Waals surface area (Å²) in [7, 11) is 4.46. The number of carboxylic acid groups (broad SMARTS) is 2. The number of carbonyl (C=O) groups is 2. The van der Waals surface area contributed by atoms with Gasteiger partial charge in [-0.1, -0.05) is 66.7 Å². The van der Waals surface area contributed by atoms with Gasteiger partial charge in [0.1, 0.15) is 0 Å². The molecule has 3 aromatic rings. The fraction of sp³-hybridized carbons (Fsp3) is 0.241. The molecule has 3 aromatic carbocycles. The van der Waals surface area contributed by atoms with Crippen molar-refractivity contribution in [2.24, 2.45) is 0 Å². The Hall–Kier alpha value is -3.35. The monoisotopic (exact) mass is 489 g/mol. The molecule has 1 aliphatic heterocycles. The van der Waals surface area contributed by atoms with Crippen LogP contribution in [-0.4, -0.2) is 37.7 Å². The Kier molecular flexibility index (Phi) is 9.70. The fourth-order valence-corrected chi connectivity index (χ4v) is 5.32. The van der Waals surface area contributed by atoms with E-state index >= 15 is 0 Å². The third-order valence-electron chi connectivity index (χ3n) is 5.78. The highest BCUT2D eigenvalue weighted by atomic mass is 32.2. The third-order valence-corrected chi connectivity index (χ3v) is 6.90. The molecule has 0 aliphatic carbocycles. The summed E-state index contributed by atoms with van der Waals surface area (Å²) < 4.78 is 0. The SMILES string of the molecule is C[NH+](C)CCCc1ccc2c(c1)SCc1ccccc1C2c1ccccc1.O=C([O-])/C=C\C(=O)O. The molecule has 0 aromatic heterocycles. The van der Waals surface area contributed by atoms with Crippen LogP contribution in [0.4, 0.5) is 0 Å². The second-order valence-electron chi connectivity index (χ2n) is 8.75. The molecule has 2 N–H and O–H groups in total. The molecular formula is C29H31NO4S. The van der Waals surface area contributed by atoms with E-state index in [4.69, 9.17) is 5.11 Å². The molecule has 35 heavy (non-hydrogen) atoms. The summed E-state index contributed by atoms with van der Waals surface area (Å²) in [6.45, 7) is 1.22. The Bertz CT molecular complexity index is 1160. The zero-order chi connectivity index (χ0) is 25.2. The quantitative estimate of drug-likeness (QED) is 0.499. The topological polar surface area (TPSA) is 81.9 Å². The number of nitrogens with one attached hydrogen (secondary N) is 1. The van der Waals surface area contributed by atoms with Crippen LogP contribution in [0.3, 0.4) is 0 Å². The number of hydrogen-bond acceptors (Lipinski definition) is 4. The van der Waals surface area contributed by atoms with Crippen molar-refractivity contribution in [2.45, 2.75) is 29.4 Å². The molecule has 5 nitrogen and oxygen atoms in total. The van der Waals surface area contributed by atoms with Gasteiger partial charge in [0.15, 0.2) is 0 Å². The van der Waals surface area contributed by atoms with Gasteiger partial charge in [0, 0.05) is 29.1 Å². The summed E-state index contributed by atoms with van der Waals surface area (Å²) in [6.07, 6.45) is 3.35. The number of benzene rings is 3. The Labute approximate surface area is 211 Å². The van der Waals surface area contributed by atoms with E-state index in [2.05, 4.69) is 86.9 Å². The van der Waals surface area contributed by atoms with Crippen molar-refractivity contribution in [1.29, 1.82) is 0 Å². The zero-order valence-electron chi connectivity index (χ0n) is 20.1. The van der Waals surface area contributed by atoms with Crippen LogP contribution in [-0.2, 0) is 21.8 Å². The minimum Gasteiger partial charge on any atom is -0.545 e. The number of quaternary nitrogens is 1. The first kappa shape index (κ1) is 26.3. The van der Waals surface area contributed by atoms with Crippen LogP contribution in [0.15, 0.2) is 89.8 Å². The summed E-state index contributed by atoms with van der Waals surface area (Å²) in [5.41, 5.74) is 7.24. The lowest BCUT2D eigenvalue weighted by Gasteiger charge is -2.21. The van der Waals surface area contributed by atoms with Crippen molar-refractivity contribution in [1.82, 2.24) is 0 Å². The molecule has 0 saturated heterocycles. The van der Waals surface area contributed by atoms with Crippen LogP contribution >= 0.6 is 11.8 Å². The summed E-state index contributed by atoms with van der Waals surface area (Å²) in [5, 5.41) is 17.2. The average molecular weight is 490 g/mol. The molecule has 0 radical (unpaired) electrons. The summed E-state index contributed by atoms with van der Waals surface area (Å²) in [4.78, 5) is 21.9. The van der Waals surface area contributed by atoms with E-state index in [1.54, 1.807) is 0 Å². The van der Waals surface area contributed by atoms with Gasteiger partial charge in [0.05, 0.1) is 26.6 Å². The van der Waals surface area contributed by atoms with Gasteiger partial charge in [0.25, 0.3) is 0 Å². The van der Waals surface area contributed by atoms with E-state index in [0.717, 1.165) is 5.75 Å². The van der Waals surface area contributed by atoms with Crippen molar-refractivity contribution in [3.63, 3.8) is 0 Å². The number of rotatable bonds is 7. The molecule has 6 heteroatoms. The van der Waals surface area contributed by atoms with Gasteiger partial charge in [-0.2, -0.15) is 0 Å². The first-order valence-electron chi connectivity index (χ1n) is 11.6. The number of aryl methyl sites for hydroxylation is 1. The van der Waals surface area contributed by atoms with E-state index in [0.29, 0.717) is 18.1 Å². The van der Waals surface area contributed by atoms with Crippen molar-refractivity contribution in [3.05, 3.63) is 113 Å². The van der Waals surface area contributed by atoms with Crippen molar-refractivity contribution < 1.29 is 24.7 Å². The Balaban J connectivity index is 0.000000371. The lowest BCUT2D eigenvalue weighted by atomic mass is 9.83. The minimum atomic E-state index is -1.51. The zero-order valence-corrected chi connectivity index (χ0v) is 20.9. The lowest BCUT2D eigenvalue weighted by molar-refractivity contribution is -0.858. The molecular weight excluding hydrogens is 458 g/mol. The fourth-order valence-electron chi connectivity index (χ4n) is 4.16. The Morgan fingerprint density at radius 3 is 2.37 bits per heavy atom. The first-order valence-corrected chi connectivity index (χ1v) is 12.6. The maximum absolute atomic E-state index is 9.53. The van der Waals surface area contributed by atoms with Gasteiger partial charge >= 0.3 is 5.97 Å². The molecule has 0 bridgehead atoms. The summed E-state index contributed by atoms with van der Waals surface area (Å²) >= 11 is 2.00. The van der Waals surface area contributed by atoms with E-state index in [-0.39, 0.29) is 0 Å². The van der Waals surface area contributed by atoms with Crippen molar-refractivity contribution >= 4 is 23.7 Å². The highest BCUT2D eigenvalue weighted by Crippen LogP contribution is 2.44. The largest absolute Gasteiger partial charge is 0.545 e. The number of fused-ring (bicyclic) bond motifs is 2. The van der Waals surface area contributed by atoms with Gasteiger partial charge in [0.2, 0.25) is 0 Å². The second-order valence-corrected chi connectivity index (χ2v) is 9.77. The molecule has 1 unspecified atom stereocenters. The summed E-state index contributed by atoms with van der Waals surface area (Å²) in [6, 6.07) is 27.1. The number of aliphatic carboxylic acids is 2. The van der Waals surface area contributed by atoms with Crippen LogP contribution in [0.25, 0.3) is 0 Å². The van der Waals surface area contributed by atoms with E-state index in [9.17, 15) is 14.7 Å². The first-order chi connectivity index (χ1) is 16.8. The predicted molar refractivity (Wildman–Crippen MR) is 138 cm³/mol. The number of carbonyl (C=O) groups excluding carboxylic acids is 1. The summed E-state index contributed by atoms with van der Waals surface area (Å²) in [5.74, 6) is -1.42. The van der Waals surface area contributed by atoms with Crippen LogP contribution in [0.5, 0.6) is 0 Å². The van der Waals surface area contributed by atoms with Gasteiger partial charge in [-0.15, -0.1) is 11.8 Å². The Morgan fingerprint density at radius 2 is 1.71 bits per heavy atom. The van der Waals surface area contributed by atoms with Crippen LogP contribution in [0.2, 0.25) is 0 Å². The molecule has 0 fully saturated rings. The van der Waals surface area contributed by atoms with Crippen molar-refractivity contribution in [2.75, 3.05) is 20.6 Å². The van der Waals surface area contributed by atoms with Gasteiger partial charge < -0.3 is 19.9 Å². The van der Waals surface area contributed by atoms with E-state index in [1.165, 1.54) is 57.0 Å². The third kappa shape index (κ3) is 7.84. The predicted octanol–water partition coefficient (Wildman–Crippen LogP) is 2.93. The maximum atomic E-state index is 9.53. The van der Waals surface area contributed by atoms with E-state index < -0.39 is 11.9 Å². The molecule has 1 heterocycles. The lowest BCUT2D eigenvalue weighted by Crippen LogP contribution is -3.05. The second kappa shape index (κ2) is 12.9. The molecule has 0 amide bonds. The van der Waals surface area contributed by atoms with Gasteiger partial charge in [-0.3, -0.25) is 0 Å². The highest BCUT2D eigenvalue weighted by Gasteiger charge is 2.25. The van der Waals surface area contributed by atoms with Crippen LogP contribution in [0, 0.1) is 0 Å². The van der Waals surface area contributed by atoms with Crippen molar-refractivity contribution in [3.8, 4) is 0 Å².